The number of carbonyl (C=O) groups is 1. The number of nitrogens with one attached hydrogen (secondary N) is 1. The molecule has 0 fully saturated rings. The van der Waals surface area contributed by atoms with Crippen LogP contribution in [-0.2, 0) is 4.79 Å². The first-order valence-corrected chi connectivity index (χ1v) is 5.70. The largest absolute Gasteiger partial charge is 0.309 e. The fourth-order valence-electron chi connectivity index (χ4n) is 1.22. The Morgan fingerprint density at radius 1 is 1.60 bits per heavy atom. The van der Waals surface area contributed by atoms with Crippen LogP contribution in [0, 0.1) is 0 Å². The van der Waals surface area contributed by atoms with E-state index < -0.39 is 0 Å². The Hall–Kier alpha value is -1.13. The number of hydrogen-bond acceptors (Lipinski definition) is 3. The lowest BCUT2D eigenvalue weighted by Gasteiger charge is -1.99. The fraction of sp³-hybridized carbons (Fsp3) is 0.200. The van der Waals surface area contributed by atoms with Crippen molar-refractivity contribution in [2.45, 2.75) is 13.3 Å². The Morgan fingerprint density at radius 2 is 2.40 bits per heavy atom. The Bertz CT molecular complexity index is 509. The van der Waals surface area contributed by atoms with E-state index in [4.69, 9.17) is 11.6 Å². The molecule has 0 aliphatic rings. The first-order valence-electron chi connectivity index (χ1n) is 4.55. The molecule has 78 valence electrons. The monoisotopic (exact) mass is 240 g/mol. The van der Waals surface area contributed by atoms with Crippen molar-refractivity contribution in [2.75, 3.05) is 5.32 Å². The molecule has 1 aromatic heterocycles. The van der Waals surface area contributed by atoms with E-state index in [1.807, 2.05) is 18.2 Å². The van der Waals surface area contributed by atoms with Gasteiger partial charge in [-0.25, -0.2) is 0 Å². The maximum absolute atomic E-state index is 11.2. The molecule has 0 aliphatic carbocycles. The number of hydrogen-bond donors (Lipinski definition) is 1. The van der Waals surface area contributed by atoms with E-state index in [1.165, 1.54) is 11.5 Å². The van der Waals surface area contributed by atoms with Gasteiger partial charge in [0, 0.05) is 16.8 Å². The van der Waals surface area contributed by atoms with E-state index in [0.29, 0.717) is 17.3 Å². The maximum atomic E-state index is 11.2. The molecule has 1 aromatic carbocycles. The number of aromatic nitrogens is 1. The summed E-state index contributed by atoms with van der Waals surface area (Å²) >= 11 is 7.23. The molecular formula is C10H9ClN2OS. The molecule has 1 amide bonds. The van der Waals surface area contributed by atoms with Crippen LogP contribution in [0.15, 0.2) is 18.2 Å². The van der Waals surface area contributed by atoms with E-state index >= 15 is 0 Å². The molecule has 0 unspecified atom stereocenters. The fourth-order valence-corrected chi connectivity index (χ4v) is 2.11. The van der Waals surface area contributed by atoms with Crippen molar-refractivity contribution in [3.63, 3.8) is 0 Å². The number of carbonyl (C=O) groups excluding carboxylic acids is 1. The van der Waals surface area contributed by atoms with E-state index in [0.717, 1.165) is 10.1 Å². The van der Waals surface area contributed by atoms with Gasteiger partial charge in [-0.2, -0.15) is 4.37 Å². The Labute approximate surface area is 96.2 Å². The third-order valence-electron chi connectivity index (χ3n) is 2.01. The predicted molar refractivity (Wildman–Crippen MR) is 63.6 cm³/mol. The van der Waals surface area contributed by atoms with Crippen LogP contribution < -0.4 is 5.32 Å². The number of benzene rings is 1. The molecule has 1 N–H and O–H groups in total. The van der Waals surface area contributed by atoms with Crippen molar-refractivity contribution in [3.05, 3.63) is 23.2 Å². The lowest BCUT2D eigenvalue weighted by molar-refractivity contribution is -0.115. The molecule has 0 spiro atoms. The summed E-state index contributed by atoms with van der Waals surface area (Å²) in [6.07, 6.45) is 0.444. The molecule has 5 heteroatoms. The summed E-state index contributed by atoms with van der Waals surface area (Å²) in [7, 11) is 0. The van der Waals surface area contributed by atoms with Gasteiger partial charge in [-0.15, -0.1) is 0 Å². The highest BCUT2D eigenvalue weighted by atomic mass is 35.5. The number of anilines is 1. The molecule has 0 saturated carbocycles. The van der Waals surface area contributed by atoms with Crippen LogP contribution in [0.1, 0.15) is 13.3 Å². The zero-order chi connectivity index (χ0) is 10.8. The molecule has 0 saturated heterocycles. The smallest absolute Gasteiger partial charge is 0.225 e. The van der Waals surface area contributed by atoms with Crippen LogP contribution in [-0.4, -0.2) is 10.3 Å². The lowest BCUT2D eigenvalue weighted by Crippen LogP contribution is -2.09. The average Bonchev–Trinajstić information content (AvgIpc) is 2.61. The molecule has 3 nitrogen and oxygen atoms in total. The van der Waals surface area contributed by atoms with Crippen molar-refractivity contribution in [2.24, 2.45) is 0 Å². The summed E-state index contributed by atoms with van der Waals surface area (Å²) in [5.74, 6) is 0.562. The zero-order valence-electron chi connectivity index (χ0n) is 8.08. The quantitative estimate of drug-likeness (QED) is 0.875. The second-order valence-corrected chi connectivity index (χ2v) is 4.31. The molecule has 2 aromatic rings. The molecule has 0 radical (unpaired) electrons. The number of nitrogens with zero attached hydrogens (tertiary/aromatic N) is 1. The highest BCUT2D eigenvalue weighted by Gasteiger charge is 2.08. The van der Waals surface area contributed by atoms with Crippen molar-refractivity contribution >= 4 is 44.9 Å². The van der Waals surface area contributed by atoms with Crippen LogP contribution in [0.25, 0.3) is 10.1 Å². The number of halogens is 1. The summed E-state index contributed by atoms with van der Waals surface area (Å²) in [5.41, 5.74) is 0. The van der Waals surface area contributed by atoms with Gasteiger partial charge in [-0.3, -0.25) is 4.79 Å². The summed E-state index contributed by atoms with van der Waals surface area (Å²) in [6, 6.07) is 5.52. The minimum atomic E-state index is -0.0397. The number of amides is 1. The molecule has 0 atom stereocenters. The molecule has 1 heterocycles. The van der Waals surface area contributed by atoms with Gasteiger partial charge in [-0.1, -0.05) is 18.5 Å². The van der Waals surface area contributed by atoms with Gasteiger partial charge < -0.3 is 5.32 Å². The SMILES string of the molecule is CCC(=O)Nc1nsc2ccc(Cl)cc12. The number of rotatable bonds is 2. The summed E-state index contributed by atoms with van der Waals surface area (Å²) in [4.78, 5) is 11.2. The molecular weight excluding hydrogens is 232 g/mol. The third-order valence-corrected chi connectivity index (χ3v) is 3.07. The highest BCUT2D eigenvalue weighted by molar-refractivity contribution is 7.13. The van der Waals surface area contributed by atoms with Crippen LogP contribution in [0.3, 0.4) is 0 Å². The standard InChI is InChI=1S/C10H9ClN2OS/c1-2-9(14)12-10-7-5-6(11)3-4-8(7)15-13-10/h3-5H,2H2,1H3,(H,12,13,14). The van der Waals surface area contributed by atoms with Gasteiger partial charge in [0.05, 0.1) is 4.70 Å². The van der Waals surface area contributed by atoms with Crippen molar-refractivity contribution in [1.29, 1.82) is 0 Å². The topological polar surface area (TPSA) is 42.0 Å². The van der Waals surface area contributed by atoms with Crippen LogP contribution >= 0.6 is 23.1 Å². The maximum Gasteiger partial charge on any atom is 0.225 e. The van der Waals surface area contributed by atoms with E-state index in [-0.39, 0.29) is 5.91 Å². The van der Waals surface area contributed by atoms with Gasteiger partial charge in [-0.05, 0) is 29.7 Å². The molecule has 0 bridgehead atoms. The molecule has 0 aliphatic heterocycles. The second kappa shape index (κ2) is 4.16. The van der Waals surface area contributed by atoms with Gasteiger partial charge in [0.25, 0.3) is 0 Å². The van der Waals surface area contributed by atoms with Gasteiger partial charge in [0.15, 0.2) is 5.82 Å². The van der Waals surface area contributed by atoms with Crippen molar-refractivity contribution in [3.8, 4) is 0 Å². The van der Waals surface area contributed by atoms with Gasteiger partial charge in [0.1, 0.15) is 0 Å². The molecule has 2 rings (SSSR count). The normalized spacial score (nSPS) is 10.5. The van der Waals surface area contributed by atoms with Crippen molar-refractivity contribution in [1.82, 2.24) is 4.37 Å². The zero-order valence-corrected chi connectivity index (χ0v) is 9.65. The Morgan fingerprint density at radius 3 is 3.13 bits per heavy atom. The van der Waals surface area contributed by atoms with Gasteiger partial charge >= 0.3 is 0 Å². The first kappa shape index (κ1) is 10.4. The second-order valence-electron chi connectivity index (χ2n) is 3.07. The van der Waals surface area contributed by atoms with Gasteiger partial charge in [0.2, 0.25) is 5.91 Å². The van der Waals surface area contributed by atoms with E-state index in [1.54, 1.807) is 6.92 Å². The van der Waals surface area contributed by atoms with Crippen LogP contribution in [0.5, 0.6) is 0 Å². The Balaban J connectivity index is 2.43. The average molecular weight is 241 g/mol. The number of fused-ring (bicyclic) bond motifs is 1. The summed E-state index contributed by atoms with van der Waals surface area (Å²) < 4.78 is 5.19. The molecule has 15 heavy (non-hydrogen) atoms. The van der Waals surface area contributed by atoms with Crippen molar-refractivity contribution < 1.29 is 4.79 Å². The summed E-state index contributed by atoms with van der Waals surface area (Å²) in [6.45, 7) is 1.80. The first-order chi connectivity index (χ1) is 7.20. The van der Waals surface area contributed by atoms with E-state index in [9.17, 15) is 4.79 Å². The minimum Gasteiger partial charge on any atom is -0.309 e. The Kier molecular flexibility index (Phi) is 2.88. The van der Waals surface area contributed by atoms with Crippen LogP contribution in [0.4, 0.5) is 5.82 Å². The third kappa shape index (κ3) is 2.11. The van der Waals surface area contributed by atoms with E-state index in [2.05, 4.69) is 9.69 Å². The summed E-state index contributed by atoms with van der Waals surface area (Å²) in [5, 5.41) is 4.29. The lowest BCUT2D eigenvalue weighted by atomic mass is 10.2. The predicted octanol–water partition coefficient (Wildman–Crippen LogP) is 3.30. The minimum absolute atomic E-state index is 0.0397. The highest BCUT2D eigenvalue weighted by Crippen LogP contribution is 2.29. The van der Waals surface area contributed by atoms with Crippen LogP contribution in [0.2, 0.25) is 5.02 Å².